The highest BCUT2D eigenvalue weighted by atomic mass is 32.2. The maximum atomic E-state index is 14.5. The van der Waals surface area contributed by atoms with Crippen LogP contribution in [0.3, 0.4) is 0 Å². The van der Waals surface area contributed by atoms with Gasteiger partial charge in [-0.25, -0.2) is 12.8 Å². The van der Waals surface area contributed by atoms with Gasteiger partial charge < -0.3 is 14.9 Å². The molecule has 11 heteroatoms. The molecule has 2 aliphatic rings. The molecule has 0 amide bonds. The summed E-state index contributed by atoms with van der Waals surface area (Å²) >= 11 is 0. The predicted octanol–water partition coefficient (Wildman–Crippen LogP) is 1.70. The van der Waals surface area contributed by atoms with Crippen LogP contribution in [-0.4, -0.2) is 35.0 Å². The molecule has 1 aliphatic heterocycles. The Hall–Kier alpha value is -2.68. The summed E-state index contributed by atoms with van der Waals surface area (Å²) in [7, 11) is -5.36. The van der Waals surface area contributed by atoms with Crippen molar-refractivity contribution in [3.8, 4) is 17.6 Å². The van der Waals surface area contributed by atoms with Crippen molar-refractivity contribution in [3.63, 3.8) is 0 Å². The van der Waals surface area contributed by atoms with Gasteiger partial charge in [0.25, 0.3) is 0 Å². The van der Waals surface area contributed by atoms with Crippen molar-refractivity contribution in [2.75, 3.05) is 0 Å². The molecule has 7 nitrogen and oxygen atoms in total. The van der Waals surface area contributed by atoms with Crippen LogP contribution in [-0.2, 0) is 15.4 Å². The fraction of sp³-hybridized carbons (Fsp3) is 0.250. The fourth-order valence-corrected chi connectivity index (χ4v) is 5.09. The van der Waals surface area contributed by atoms with Gasteiger partial charge in [-0.2, -0.15) is 14.0 Å². The highest BCUT2D eigenvalue weighted by molar-refractivity contribution is 7.93. The monoisotopic (exact) mass is 398 g/mol. The molecule has 0 radical (unpaired) electrons. The zero-order valence-corrected chi connectivity index (χ0v) is 13.9. The topological polar surface area (TPSA) is 121 Å². The first-order valence-corrected chi connectivity index (χ1v) is 8.93. The van der Waals surface area contributed by atoms with Crippen molar-refractivity contribution in [2.24, 2.45) is 0 Å². The SMILES string of the molecule is N#Cc1cncc(Oc2ccc3c4c2C(O)C(F)C4(O)C(F)(F)S3(=O)=O)c1. The molecule has 0 bridgehead atoms. The number of hydrogen-bond donors (Lipinski definition) is 2. The largest absolute Gasteiger partial charge is 0.455 e. The summed E-state index contributed by atoms with van der Waals surface area (Å²) < 4.78 is 72.9. The summed E-state index contributed by atoms with van der Waals surface area (Å²) in [6, 6.07) is 4.77. The van der Waals surface area contributed by atoms with E-state index in [1.54, 1.807) is 6.07 Å². The summed E-state index contributed by atoms with van der Waals surface area (Å²) in [5.41, 5.74) is -5.14. The van der Waals surface area contributed by atoms with E-state index in [1.165, 1.54) is 18.5 Å². The zero-order chi connectivity index (χ0) is 19.8. The molecule has 2 aromatic rings. The quantitative estimate of drug-likeness (QED) is 0.790. The Labute approximate surface area is 150 Å². The number of pyridine rings is 1. The number of hydrogen-bond acceptors (Lipinski definition) is 7. The van der Waals surface area contributed by atoms with E-state index >= 15 is 0 Å². The lowest BCUT2D eigenvalue weighted by molar-refractivity contribution is -0.177. The number of aliphatic hydroxyl groups excluding tert-OH is 1. The van der Waals surface area contributed by atoms with Crippen LogP contribution in [0.1, 0.15) is 22.8 Å². The van der Waals surface area contributed by atoms with Gasteiger partial charge in [0.1, 0.15) is 23.7 Å². The summed E-state index contributed by atoms with van der Waals surface area (Å²) in [6.45, 7) is 0. The Morgan fingerprint density at radius 3 is 2.67 bits per heavy atom. The number of ether oxygens (including phenoxy) is 1. The summed E-state index contributed by atoms with van der Waals surface area (Å²) in [5, 5.41) is 24.4. The molecule has 0 saturated carbocycles. The van der Waals surface area contributed by atoms with E-state index in [9.17, 15) is 31.8 Å². The van der Waals surface area contributed by atoms with E-state index in [-0.39, 0.29) is 17.1 Å². The highest BCUT2D eigenvalue weighted by Gasteiger charge is 2.78. The van der Waals surface area contributed by atoms with Gasteiger partial charge in [-0.05, 0) is 12.1 Å². The zero-order valence-electron chi connectivity index (χ0n) is 13.1. The van der Waals surface area contributed by atoms with E-state index in [1.807, 2.05) is 0 Å². The van der Waals surface area contributed by atoms with Gasteiger partial charge in [-0.15, -0.1) is 0 Å². The smallest absolute Gasteiger partial charge is 0.384 e. The standard InChI is InChI=1S/C16H9F3N2O5S/c17-14-13(22)11-9(26-8-3-7(4-20)5-21-6-8)1-2-10-12(11)15(14,23)16(18,19)27(10,24)25/h1-3,5-6,13-14,22-23H. The second kappa shape index (κ2) is 5.19. The molecule has 0 spiro atoms. The maximum absolute atomic E-state index is 14.5. The number of nitriles is 1. The third-order valence-electron chi connectivity index (χ3n) is 4.66. The van der Waals surface area contributed by atoms with Crippen LogP contribution in [0, 0.1) is 11.3 Å². The van der Waals surface area contributed by atoms with E-state index < -0.39 is 49.0 Å². The molecule has 3 atom stereocenters. The van der Waals surface area contributed by atoms with E-state index in [4.69, 9.17) is 10.00 Å². The Morgan fingerprint density at radius 2 is 2.00 bits per heavy atom. The van der Waals surface area contributed by atoms with Gasteiger partial charge in [0.05, 0.1) is 16.7 Å². The van der Waals surface area contributed by atoms with Gasteiger partial charge >= 0.3 is 5.25 Å². The molecule has 27 heavy (non-hydrogen) atoms. The van der Waals surface area contributed by atoms with Crippen LogP contribution >= 0.6 is 0 Å². The second-order valence-corrected chi connectivity index (χ2v) is 8.07. The van der Waals surface area contributed by atoms with E-state index in [0.717, 1.165) is 12.1 Å². The number of sulfone groups is 1. The molecule has 0 fully saturated rings. The Kier molecular flexibility index (Phi) is 3.41. The summed E-state index contributed by atoms with van der Waals surface area (Å²) in [5.74, 6) is -0.375. The van der Waals surface area contributed by atoms with Crippen LogP contribution in [0.4, 0.5) is 13.2 Å². The fourth-order valence-electron chi connectivity index (χ4n) is 3.40. The van der Waals surface area contributed by atoms with Crippen molar-refractivity contribution in [1.29, 1.82) is 5.26 Å². The second-order valence-electron chi connectivity index (χ2n) is 6.11. The minimum absolute atomic E-state index is 0.0316. The van der Waals surface area contributed by atoms with Gasteiger partial charge in [0.15, 0.2) is 6.17 Å². The van der Waals surface area contributed by atoms with Crippen molar-refractivity contribution >= 4 is 9.84 Å². The molecular formula is C16H9F3N2O5S. The Bertz CT molecular complexity index is 1130. The molecule has 0 saturated heterocycles. The third-order valence-corrected chi connectivity index (χ3v) is 6.57. The minimum atomic E-state index is -5.36. The van der Waals surface area contributed by atoms with Crippen molar-refractivity contribution in [3.05, 3.63) is 47.3 Å². The normalized spacial score (nSPS) is 29.2. The van der Waals surface area contributed by atoms with Crippen LogP contribution in [0.2, 0.25) is 0 Å². The van der Waals surface area contributed by atoms with Gasteiger partial charge in [-0.3, -0.25) is 4.98 Å². The molecule has 3 unspecified atom stereocenters. The molecular weight excluding hydrogens is 389 g/mol. The number of halogens is 3. The first-order valence-electron chi connectivity index (χ1n) is 7.44. The van der Waals surface area contributed by atoms with Crippen molar-refractivity contribution in [1.82, 2.24) is 4.98 Å². The molecule has 1 aromatic carbocycles. The van der Waals surface area contributed by atoms with Gasteiger partial charge in [0, 0.05) is 23.4 Å². The molecule has 140 valence electrons. The van der Waals surface area contributed by atoms with E-state index in [0.29, 0.717) is 0 Å². The van der Waals surface area contributed by atoms with Crippen LogP contribution in [0.15, 0.2) is 35.5 Å². The molecule has 1 aliphatic carbocycles. The number of aromatic nitrogens is 1. The van der Waals surface area contributed by atoms with Gasteiger partial charge in [0.2, 0.25) is 15.4 Å². The Balaban J connectivity index is 1.95. The summed E-state index contributed by atoms with van der Waals surface area (Å²) in [4.78, 5) is 2.76. The lowest BCUT2D eigenvalue weighted by Gasteiger charge is -2.28. The average molecular weight is 398 g/mol. The summed E-state index contributed by atoms with van der Waals surface area (Å²) in [6.07, 6.45) is -2.83. The first kappa shape index (κ1) is 17.7. The number of benzene rings is 1. The molecule has 4 rings (SSSR count). The number of nitrogens with zero attached hydrogens (tertiary/aromatic N) is 2. The first-order chi connectivity index (χ1) is 12.6. The highest BCUT2D eigenvalue weighted by Crippen LogP contribution is 2.64. The van der Waals surface area contributed by atoms with Crippen molar-refractivity contribution in [2.45, 2.75) is 28.0 Å². The van der Waals surface area contributed by atoms with E-state index in [2.05, 4.69) is 4.98 Å². The molecule has 2 heterocycles. The minimum Gasteiger partial charge on any atom is -0.455 e. The van der Waals surface area contributed by atoms with Crippen molar-refractivity contribution < 1.29 is 36.5 Å². The lowest BCUT2D eigenvalue weighted by Crippen LogP contribution is -2.50. The maximum Gasteiger partial charge on any atom is 0.384 e. The van der Waals surface area contributed by atoms with Crippen LogP contribution < -0.4 is 4.74 Å². The number of aliphatic hydroxyl groups is 2. The molecule has 1 aromatic heterocycles. The lowest BCUT2D eigenvalue weighted by atomic mass is 9.95. The predicted molar refractivity (Wildman–Crippen MR) is 81.4 cm³/mol. The number of alkyl halides is 3. The Morgan fingerprint density at radius 1 is 1.30 bits per heavy atom. The van der Waals surface area contributed by atoms with Gasteiger partial charge in [-0.1, -0.05) is 0 Å². The number of rotatable bonds is 2. The average Bonchev–Trinajstić information content (AvgIpc) is 2.91. The third kappa shape index (κ3) is 1.92. The van der Waals surface area contributed by atoms with Crippen LogP contribution in [0.5, 0.6) is 11.5 Å². The van der Waals surface area contributed by atoms with Crippen LogP contribution in [0.25, 0.3) is 0 Å². The molecule has 2 N–H and O–H groups in total.